The lowest BCUT2D eigenvalue weighted by molar-refractivity contribution is -0.123. The van der Waals surface area contributed by atoms with E-state index in [1.54, 1.807) is 41.6 Å². The number of fused-ring (bicyclic) bond motifs is 3. The summed E-state index contributed by atoms with van der Waals surface area (Å²) in [4.78, 5) is 41.8. The van der Waals surface area contributed by atoms with Crippen molar-refractivity contribution in [1.82, 2.24) is 5.01 Å². The molecular formula is C24H21N3O3. The van der Waals surface area contributed by atoms with E-state index in [0.717, 1.165) is 11.1 Å². The molecule has 6 heteroatoms. The van der Waals surface area contributed by atoms with E-state index in [4.69, 9.17) is 0 Å². The highest BCUT2D eigenvalue weighted by atomic mass is 16.2. The van der Waals surface area contributed by atoms with Gasteiger partial charge >= 0.3 is 0 Å². The fourth-order valence-corrected chi connectivity index (χ4v) is 4.90. The van der Waals surface area contributed by atoms with Crippen molar-refractivity contribution in [3.8, 4) is 0 Å². The summed E-state index contributed by atoms with van der Waals surface area (Å²) in [5.41, 5.74) is 3.02. The van der Waals surface area contributed by atoms with E-state index in [-0.39, 0.29) is 17.6 Å². The second-order valence-corrected chi connectivity index (χ2v) is 8.05. The van der Waals surface area contributed by atoms with Crippen LogP contribution in [0, 0.1) is 25.7 Å². The lowest BCUT2D eigenvalue weighted by Crippen LogP contribution is -2.46. The zero-order chi connectivity index (χ0) is 21.0. The fraction of sp³-hybridized carbons (Fsp3) is 0.250. The molecule has 6 nitrogen and oxygen atoms in total. The molecule has 5 rings (SSSR count). The number of anilines is 1. The van der Waals surface area contributed by atoms with Crippen LogP contribution in [0.1, 0.15) is 21.5 Å². The Morgan fingerprint density at radius 1 is 0.967 bits per heavy atom. The van der Waals surface area contributed by atoms with Crippen molar-refractivity contribution in [3.63, 3.8) is 0 Å². The second-order valence-electron chi connectivity index (χ2n) is 8.05. The monoisotopic (exact) mass is 399 g/mol. The van der Waals surface area contributed by atoms with Gasteiger partial charge in [0.05, 0.1) is 23.6 Å². The Kier molecular flexibility index (Phi) is 4.17. The predicted molar refractivity (Wildman–Crippen MR) is 113 cm³/mol. The summed E-state index contributed by atoms with van der Waals surface area (Å²) in [5.74, 6) is -2.19. The van der Waals surface area contributed by atoms with Gasteiger partial charge in [0.2, 0.25) is 11.8 Å². The molecule has 2 amide bonds. The van der Waals surface area contributed by atoms with Gasteiger partial charge in [0.25, 0.3) is 0 Å². The van der Waals surface area contributed by atoms with Crippen molar-refractivity contribution in [1.29, 1.82) is 0 Å². The van der Waals surface area contributed by atoms with Gasteiger partial charge in [0.1, 0.15) is 6.04 Å². The molecule has 0 radical (unpaired) electrons. The van der Waals surface area contributed by atoms with Gasteiger partial charge < -0.3 is 0 Å². The molecule has 3 heterocycles. The molecule has 0 unspecified atom stereocenters. The SMILES string of the molecule is Cc1ccc(N2C(=O)[C@@H]3[C@@H](C2=O)[C@@H]2C=CC=NN2[C@@H]3C(=O)c2ccccc2)c(C)c1. The largest absolute Gasteiger partial charge is 0.292 e. The lowest BCUT2D eigenvalue weighted by atomic mass is 9.86. The van der Waals surface area contributed by atoms with Gasteiger partial charge in [0, 0.05) is 11.8 Å². The molecule has 2 aromatic rings. The van der Waals surface area contributed by atoms with E-state index in [1.165, 1.54) is 4.90 Å². The molecular weight excluding hydrogens is 378 g/mol. The van der Waals surface area contributed by atoms with E-state index in [1.807, 2.05) is 44.2 Å². The fourth-order valence-electron chi connectivity index (χ4n) is 4.90. The van der Waals surface area contributed by atoms with E-state index in [0.29, 0.717) is 11.3 Å². The van der Waals surface area contributed by atoms with E-state index >= 15 is 0 Å². The van der Waals surface area contributed by atoms with Crippen molar-refractivity contribution >= 4 is 29.5 Å². The molecule has 0 aromatic heterocycles. The summed E-state index contributed by atoms with van der Waals surface area (Å²) >= 11 is 0. The topological polar surface area (TPSA) is 70.1 Å². The van der Waals surface area contributed by atoms with E-state index in [9.17, 15) is 14.4 Å². The molecule has 0 saturated carbocycles. The number of allylic oxidation sites excluding steroid dienone is 1. The predicted octanol–water partition coefficient (Wildman–Crippen LogP) is 2.90. The Bertz CT molecular complexity index is 1120. The van der Waals surface area contributed by atoms with Crippen LogP contribution in [0.5, 0.6) is 0 Å². The summed E-state index contributed by atoms with van der Waals surface area (Å²) in [6.07, 6.45) is 5.23. The van der Waals surface area contributed by atoms with Gasteiger partial charge in [-0.1, -0.05) is 54.1 Å². The van der Waals surface area contributed by atoms with Gasteiger partial charge in [-0.15, -0.1) is 0 Å². The normalized spacial score (nSPS) is 26.9. The number of carbonyl (C=O) groups is 3. The number of hydrogen-bond donors (Lipinski definition) is 0. The number of aryl methyl sites for hydroxylation is 2. The summed E-state index contributed by atoms with van der Waals surface area (Å²) < 4.78 is 0. The van der Waals surface area contributed by atoms with Crippen molar-refractivity contribution in [2.45, 2.75) is 25.9 Å². The number of amides is 2. The molecule has 0 bridgehead atoms. The summed E-state index contributed by atoms with van der Waals surface area (Å²) in [6, 6.07) is 13.3. The van der Waals surface area contributed by atoms with Crippen LogP contribution in [-0.2, 0) is 9.59 Å². The standard InChI is InChI=1S/C24H21N3O3/c1-14-10-11-17(15(2)13-14)26-23(29)19-18-9-6-12-25-27(18)21(20(19)24(26)30)22(28)16-7-4-3-5-8-16/h3-13,18-21H,1-2H3/t18-,19-,20+,21-/m0/s1. The summed E-state index contributed by atoms with van der Waals surface area (Å²) in [6.45, 7) is 3.86. The minimum absolute atomic E-state index is 0.191. The molecule has 2 aromatic carbocycles. The summed E-state index contributed by atoms with van der Waals surface area (Å²) in [7, 11) is 0. The van der Waals surface area contributed by atoms with Gasteiger partial charge in [0.15, 0.2) is 5.78 Å². The van der Waals surface area contributed by atoms with Crippen LogP contribution in [0.15, 0.2) is 65.8 Å². The van der Waals surface area contributed by atoms with Crippen LogP contribution in [-0.4, -0.2) is 40.9 Å². The molecule has 0 aliphatic carbocycles. The third kappa shape index (κ3) is 2.56. The van der Waals surface area contributed by atoms with E-state index < -0.39 is 23.9 Å². The Morgan fingerprint density at radius 2 is 1.70 bits per heavy atom. The van der Waals surface area contributed by atoms with Gasteiger partial charge in [-0.25, -0.2) is 4.90 Å². The molecule has 3 aliphatic rings. The van der Waals surface area contributed by atoms with Crippen molar-refractivity contribution in [2.24, 2.45) is 16.9 Å². The van der Waals surface area contributed by atoms with Crippen molar-refractivity contribution in [3.05, 3.63) is 77.4 Å². The molecule has 3 aliphatic heterocycles. The lowest BCUT2D eigenvalue weighted by Gasteiger charge is -2.30. The number of Topliss-reactive ketones (excluding diaryl/α,β-unsaturated/α-hetero) is 1. The van der Waals surface area contributed by atoms with Crippen molar-refractivity contribution < 1.29 is 14.4 Å². The number of hydrazone groups is 1. The van der Waals surface area contributed by atoms with Gasteiger partial charge in [-0.05, 0) is 31.6 Å². The zero-order valence-electron chi connectivity index (χ0n) is 16.7. The number of rotatable bonds is 3. The Labute approximate surface area is 174 Å². The highest BCUT2D eigenvalue weighted by Gasteiger charge is 2.64. The Balaban J connectivity index is 1.60. The van der Waals surface area contributed by atoms with Crippen LogP contribution in [0.4, 0.5) is 5.69 Å². The van der Waals surface area contributed by atoms with Gasteiger partial charge in [-0.2, -0.15) is 5.10 Å². The molecule has 4 atom stereocenters. The smallest absolute Gasteiger partial charge is 0.240 e. The second kappa shape index (κ2) is 6.76. The minimum Gasteiger partial charge on any atom is -0.292 e. The van der Waals surface area contributed by atoms with E-state index in [2.05, 4.69) is 5.10 Å². The average Bonchev–Trinajstić information content (AvgIpc) is 3.22. The maximum Gasteiger partial charge on any atom is 0.240 e. The molecule has 0 spiro atoms. The Hall–Kier alpha value is -3.54. The van der Waals surface area contributed by atoms with Crippen molar-refractivity contribution in [2.75, 3.05) is 4.90 Å². The number of hydrogen-bond acceptors (Lipinski definition) is 5. The number of benzene rings is 2. The maximum absolute atomic E-state index is 13.6. The van der Waals surface area contributed by atoms with Crippen LogP contribution < -0.4 is 4.90 Å². The molecule has 0 N–H and O–H groups in total. The number of ketones is 1. The highest BCUT2D eigenvalue weighted by molar-refractivity contribution is 6.25. The third-order valence-electron chi connectivity index (χ3n) is 6.21. The van der Waals surface area contributed by atoms with Crippen LogP contribution in [0.25, 0.3) is 0 Å². The third-order valence-corrected chi connectivity index (χ3v) is 6.21. The molecule has 2 saturated heterocycles. The first-order valence-electron chi connectivity index (χ1n) is 10.0. The molecule has 150 valence electrons. The number of imide groups is 1. The minimum atomic E-state index is -0.809. The summed E-state index contributed by atoms with van der Waals surface area (Å²) in [5, 5.41) is 6.01. The molecule has 30 heavy (non-hydrogen) atoms. The average molecular weight is 399 g/mol. The maximum atomic E-state index is 13.6. The highest BCUT2D eigenvalue weighted by Crippen LogP contribution is 2.46. The quantitative estimate of drug-likeness (QED) is 0.588. The van der Waals surface area contributed by atoms with Gasteiger partial charge in [-0.3, -0.25) is 19.4 Å². The first kappa shape index (κ1) is 18.5. The first-order chi connectivity index (χ1) is 14.5. The molecule has 2 fully saturated rings. The first-order valence-corrected chi connectivity index (χ1v) is 10.0. The number of nitrogens with zero attached hydrogens (tertiary/aromatic N) is 3. The van der Waals surface area contributed by atoms with Crippen LogP contribution in [0.3, 0.4) is 0 Å². The number of carbonyl (C=O) groups excluding carboxylic acids is 3. The van der Waals surface area contributed by atoms with Crippen LogP contribution in [0.2, 0.25) is 0 Å². The zero-order valence-corrected chi connectivity index (χ0v) is 16.7. The Morgan fingerprint density at radius 3 is 2.43 bits per heavy atom. The van der Waals surface area contributed by atoms with Crippen LogP contribution >= 0.6 is 0 Å².